The van der Waals surface area contributed by atoms with Gasteiger partial charge in [-0.05, 0) is 47.2 Å². The maximum atomic E-state index is 4.58. The second-order valence-electron chi connectivity index (χ2n) is 4.19. The lowest BCUT2D eigenvalue weighted by Gasteiger charge is -1.98. The first-order valence-electron chi connectivity index (χ1n) is 5.71. The van der Waals surface area contributed by atoms with Crippen LogP contribution in [0.1, 0.15) is 18.9 Å². The van der Waals surface area contributed by atoms with Crippen LogP contribution in [0.4, 0.5) is 0 Å². The highest BCUT2D eigenvalue weighted by atomic mass is 32.2. The fourth-order valence-corrected chi connectivity index (χ4v) is 3.79. The summed E-state index contributed by atoms with van der Waals surface area (Å²) in [5.74, 6) is 0. The number of hydrogen-bond acceptors (Lipinski definition) is 6. The molecule has 2 aromatic heterocycles. The highest BCUT2D eigenvalue weighted by Gasteiger charge is 2.28. The molecule has 0 amide bonds. The van der Waals surface area contributed by atoms with E-state index in [0.29, 0.717) is 6.04 Å². The molecule has 1 aliphatic rings. The van der Waals surface area contributed by atoms with Crippen molar-refractivity contribution in [3.8, 4) is 0 Å². The Kier molecular flexibility index (Phi) is 2.34. The zero-order chi connectivity index (χ0) is 11.9. The normalized spacial score (nSPS) is 15.3. The third-order valence-corrected chi connectivity index (χ3v) is 4.86. The number of nitrogens with zero attached hydrogens (tertiary/aromatic N) is 5. The molecule has 7 heteroatoms. The summed E-state index contributed by atoms with van der Waals surface area (Å²) in [6, 6.07) is 8.64. The third kappa shape index (κ3) is 1.79. The summed E-state index contributed by atoms with van der Waals surface area (Å²) in [6.07, 6.45) is 2.36. The summed E-state index contributed by atoms with van der Waals surface area (Å²) in [5, 5.41) is 12.7. The van der Waals surface area contributed by atoms with Gasteiger partial charge in [-0.2, -0.15) is 0 Å². The molecule has 0 saturated heterocycles. The van der Waals surface area contributed by atoms with Crippen LogP contribution in [-0.4, -0.2) is 25.2 Å². The molecule has 0 spiro atoms. The first-order chi connectivity index (χ1) is 8.90. The van der Waals surface area contributed by atoms with E-state index in [0.717, 1.165) is 15.0 Å². The number of fused-ring (bicyclic) bond motifs is 1. The molecular formula is C11H9N5S2. The smallest absolute Gasteiger partial charge is 0.216 e. The Morgan fingerprint density at radius 3 is 3.00 bits per heavy atom. The molecule has 3 aromatic rings. The van der Waals surface area contributed by atoms with Crippen molar-refractivity contribution in [2.75, 3.05) is 0 Å². The average Bonchev–Trinajstić information content (AvgIpc) is 2.98. The molecule has 5 nitrogen and oxygen atoms in total. The van der Waals surface area contributed by atoms with Crippen LogP contribution < -0.4 is 0 Å². The van der Waals surface area contributed by atoms with Crippen LogP contribution in [0, 0.1) is 0 Å². The van der Waals surface area contributed by atoms with Gasteiger partial charge in [-0.3, -0.25) is 0 Å². The molecule has 1 aromatic carbocycles. The Morgan fingerprint density at radius 2 is 2.17 bits per heavy atom. The Bertz CT molecular complexity index is 667. The number of thiazole rings is 1. The highest BCUT2D eigenvalue weighted by molar-refractivity contribution is 8.01. The van der Waals surface area contributed by atoms with Gasteiger partial charge in [-0.15, -0.1) is 16.4 Å². The van der Waals surface area contributed by atoms with Crippen LogP contribution in [0.25, 0.3) is 10.2 Å². The Morgan fingerprint density at radius 1 is 1.28 bits per heavy atom. The summed E-state index contributed by atoms with van der Waals surface area (Å²) in [6.45, 7) is 0. The van der Waals surface area contributed by atoms with Crippen LogP contribution in [0.3, 0.4) is 0 Å². The lowest BCUT2D eigenvalue weighted by molar-refractivity contribution is 0.565. The Balaban J connectivity index is 1.68. The second kappa shape index (κ2) is 4.03. The van der Waals surface area contributed by atoms with Crippen molar-refractivity contribution in [3.05, 3.63) is 24.3 Å². The van der Waals surface area contributed by atoms with Gasteiger partial charge in [-0.25, -0.2) is 9.67 Å². The molecule has 0 N–H and O–H groups in total. The van der Waals surface area contributed by atoms with Crippen LogP contribution in [0.15, 0.2) is 33.8 Å². The van der Waals surface area contributed by atoms with Gasteiger partial charge in [0.25, 0.3) is 0 Å². The van der Waals surface area contributed by atoms with Gasteiger partial charge in [0, 0.05) is 0 Å². The number of aromatic nitrogens is 5. The summed E-state index contributed by atoms with van der Waals surface area (Å²) in [4.78, 5) is 4.58. The summed E-state index contributed by atoms with van der Waals surface area (Å²) in [7, 11) is 0. The number of hydrogen-bond donors (Lipinski definition) is 0. The molecule has 4 rings (SSSR count). The van der Waals surface area contributed by atoms with Gasteiger partial charge in [0.05, 0.1) is 16.3 Å². The van der Waals surface area contributed by atoms with Crippen LogP contribution in [-0.2, 0) is 0 Å². The summed E-state index contributed by atoms with van der Waals surface area (Å²) in [5.41, 5.74) is 1.04. The van der Waals surface area contributed by atoms with E-state index in [2.05, 4.69) is 26.6 Å². The minimum atomic E-state index is 0.497. The largest absolute Gasteiger partial charge is 0.229 e. The quantitative estimate of drug-likeness (QED) is 0.735. The van der Waals surface area contributed by atoms with Crippen LogP contribution in [0.5, 0.6) is 0 Å². The average molecular weight is 275 g/mol. The summed E-state index contributed by atoms with van der Waals surface area (Å²) < 4.78 is 4.11. The van der Waals surface area contributed by atoms with Crippen molar-refractivity contribution in [1.29, 1.82) is 0 Å². The van der Waals surface area contributed by atoms with E-state index in [4.69, 9.17) is 0 Å². The lowest BCUT2D eigenvalue weighted by Crippen LogP contribution is -1.98. The third-order valence-electron chi connectivity index (χ3n) is 2.81. The number of para-hydroxylation sites is 1. The van der Waals surface area contributed by atoms with Crippen LogP contribution >= 0.6 is 23.1 Å². The van der Waals surface area contributed by atoms with E-state index < -0.39 is 0 Å². The number of tetrazole rings is 1. The minimum absolute atomic E-state index is 0.497. The van der Waals surface area contributed by atoms with Gasteiger partial charge in [0.1, 0.15) is 0 Å². The second-order valence-corrected chi connectivity index (χ2v) is 6.43. The lowest BCUT2D eigenvalue weighted by atomic mass is 10.3. The molecule has 1 saturated carbocycles. The van der Waals surface area contributed by atoms with Gasteiger partial charge >= 0.3 is 0 Å². The molecule has 90 valence electrons. The molecule has 0 unspecified atom stereocenters. The predicted molar refractivity (Wildman–Crippen MR) is 69.8 cm³/mol. The molecular weight excluding hydrogens is 266 g/mol. The Hall–Kier alpha value is -1.47. The van der Waals surface area contributed by atoms with Crippen molar-refractivity contribution in [1.82, 2.24) is 25.2 Å². The Labute approximate surface area is 111 Å². The number of benzene rings is 1. The van der Waals surface area contributed by atoms with Crippen molar-refractivity contribution in [2.24, 2.45) is 0 Å². The van der Waals surface area contributed by atoms with Crippen molar-refractivity contribution < 1.29 is 0 Å². The van der Waals surface area contributed by atoms with Gasteiger partial charge in [0.2, 0.25) is 5.16 Å². The molecule has 0 aliphatic heterocycles. The van der Waals surface area contributed by atoms with Gasteiger partial charge in [-0.1, -0.05) is 12.1 Å². The van der Waals surface area contributed by atoms with E-state index in [9.17, 15) is 0 Å². The SMILES string of the molecule is c1ccc2sc(Sc3nnnn3C3CC3)nc2c1. The monoisotopic (exact) mass is 275 g/mol. The first kappa shape index (κ1) is 10.5. The van der Waals surface area contributed by atoms with Crippen LogP contribution in [0.2, 0.25) is 0 Å². The molecule has 0 bridgehead atoms. The first-order valence-corrected chi connectivity index (χ1v) is 7.35. The summed E-state index contributed by atoms with van der Waals surface area (Å²) >= 11 is 3.23. The molecule has 18 heavy (non-hydrogen) atoms. The van der Waals surface area contributed by atoms with Gasteiger partial charge < -0.3 is 0 Å². The van der Waals surface area contributed by atoms with E-state index in [-0.39, 0.29) is 0 Å². The molecule has 1 aliphatic carbocycles. The highest BCUT2D eigenvalue weighted by Crippen LogP contribution is 2.39. The maximum Gasteiger partial charge on any atom is 0.216 e. The number of rotatable bonds is 3. The maximum absolute atomic E-state index is 4.58. The minimum Gasteiger partial charge on any atom is -0.229 e. The van der Waals surface area contributed by atoms with E-state index in [1.165, 1.54) is 17.5 Å². The van der Waals surface area contributed by atoms with Gasteiger partial charge in [0.15, 0.2) is 4.34 Å². The topological polar surface area (TPSA) is 56.5 Å². The van der Waals surface area contributed by atoms with E-state index in [1.54, 1.807) is 23.1 Å². The molecule has 0 radical (unpaired) electrons. The zero-order valence-electron chi connectivity index (χ0n) is 9.35. The van der Waals surface area contributed by atoms with Crippen molar-refractivity contribution >= 4 is 33.3 Å². The molecule has 0 atom stereocenters. The van der Waals surface area contributed by atoms with E-state index >= 15 is 0 Å². The van der Waals surface area contributed by atoms with Crippen molar-refractivity contribution in [3.63, 3.8) is 0 Å². The predicted octanol–water partition coefficient (Wildman–Crippen LogP) is 2.77. The standard InChI is InChI=1S/C11H9N5S2/c1-2-4-9-8(3-1)12-11(17-9)18-10-13-14-15-16(10)7-5-6-7/h1-4,7H,5-6H2. The van der Waals surface area contributed by atoms with Crippen molar-refractivity contribution in [2.45, 2.75) is 28.4 Å². The molecule has 1 fully saturated rings. The molecule has 2 heterocycles. The van der Waals surface area contributed by atoms with E-state index in [1.807, 2.05) is 22.9 Å². The zero-order valence-corrected chi connectivity index (χ0v) is 11.0. The fourth-order valence-electron chi connectivity index (χ4n) is 1.77. The fraction of sp³-hybridized carbons (Fsp3) is 0.273.